The van der Waals surface area contributed by atoms with E-state index in [9.17, 15) is 35.4 Å². The fourth-order valence-corrected chi connectivity index (χ4v) is 2.46. The number of aliphatic hydroxyl groups is 3. The molecule has 5 unspecified atom stereocenters. The lowest BCUT2D eigenvalue weighted by molar-refractivity contribution is -0.317. The van der Waals surface area contributed by atoms with Crippen LogP contribution in [-0.2, 0) is 14.2 Å². The third kappa shape index (κ3) is 4.72. The quantitative estimate of drug-likeness (QED) is 0.213. The first kappa shape index (κ1) is 21.9. The van der Waals surface area contributed by atoms with Crippen molar-refractivity contribution in [3.63, 3.8) is 0 Å². The van der Waals surface area contributed by atoms with E-state index in [-0.39, 0.29) is 5.56 Å². The summed E-state index contributed by atoms with van der Waals surface area (Å²) in [4.78, 5) is 12.1. The molecule has 1 aliphatic heterocycles. The van der Waals surface area contributed by atoms with Gasteiger partial charge in [0.1, 0.15) is 31.0 Å². The molecule has 1 heterocycles. The van der Waals surface area contributed by atoms with Crippen molar-refractivity contribution in [3.8, 4) is 17.2 Å². The fourth-order valence-electron chi connectivity index (χ4n) is 2.46. The maximum Gasteiger partial charge on any atom is 0.338 e. The van der Waals surface area contributed by atoms with Gasteiger partial charge in [-0.15, -0.1) is 6.58 Å². The van der Waals surface area contributed by atoms with Gasteiger partial charge in [-0.05, 0) is 26.0 Å². The lowest BCUT2D eigenvalue weighted by atomic mass is 9.99. The zero-order valence-electron chi connectivity index (χ0n) is 15.3. The van der Waals surface area contributed by atoms with Gasteiger partial charge in [-0.25, -0.2) is 4.79 Å². The molecule has 0 aromatic heterocycles. The van der Waals surface area contributed by atoms with Crippen molar-refractivity contribution in [2.75, 3.05) is 6.61 Å². The molecule has 1 aromatic rings. The van der Waals surface area contributed by atoms with E-state index in [0.29, 0.717) is 0 Å². The van der Waals surface area contributed by atoms with Crippen LogP contribution in [0.4, 0.5) is 0 Å². The standard InChI is InChI=1S/C18H24O10/c1-4-18(2,3)28-17-15(24)14(23)13(22)11(27-17)7-26-16(25)8-5-9(19)12(21)10(20)6-8/h4-6,11,13-15,17,19-24H,1,7H2,2-3H3. The molecule has 6 N–H and O–H groups in total. The van der Waals surface area contributed by atoms with Gasteiger partial charge in [0.15, 0.2) is 23.5 Å². The number of carbonyl (C=O) groups is 1. The number of aromatic hydroxyl groups is 3. The maximum absolute atomic E-state index is 12.1. The van der Waals surface area contributed by atoms with Gasteiger partial charge in [0.05, 0.1) is 11.2 Å². The van der Waals surface area contributed by atoms with Crippen LogP contribution in [-0.4, -0.2) is 79.5 Å². The first-order valence-electron chi connectivity index (χ1n) is 8.40. The van der Waals surface area contributed by atoms with Crippen LogP contribution in [0, 0.1) is 0 Å². The maximum atomic E-state index is 12.1. The summed E-state index contributed by atoms with van der Waals surface area (Å²) in [6.07, 6.45) is -5.84. The summed E-state index contributed by atoms with van der Waals surface area (Å²) in [6, 6.07) is 1.76. The number of hydrogen-bond donors (Lipinski definition) is 6. The molecular formula is C18H24O10. The van der Waals surface area contributed by atoms with Gasteiger partial charge in [-0.1, -0.05) is 6.08 Å². The number of phenols is 3. The van der Waals surface area contributed by atoms with E-state index in [4.69, 9.17) is 14.2 Å². The molecule has 10 nitrogen and oxygen atoms in total. The van der Waals surface area contributed by atoms with Crippen LogP contribution in [0.1, 0.15) is 24.2 Å². The van der Waals surface area contributed by atoms with E-state index in [1.54, 1.807) is 13.8 Å². The van der Waals surface area contributed by atoms with Crippen LogP contribution in [0.15, 0.2) is 24.8 Å². The van der Waals surface area contributed by atoms with Crippen LogP contribution in [0.3, 0.4) is 0 Å². The minimum atomic E-state index is -1.62. The van der Waals surface area contributed by atoms with Crippen molar-refractivity contribution in [2.24, 2.45) is 0 Å². The Morgan fingerprint density at radius 2 is 1.71 bits per heavy atom. The Balaban J connectivity index is 2.07. The second-order valence-corrected chi connectivity index (χ2v) is 6.90. The Bertz CT molecular complexity index is 708. The first-order chi connectivity index (χ1) is 13.0. The Labute approximate surface area is 160 Å². The molecule has 1 aromatic carbocycles. The fraction of sp³-hybridized carbons (Fsp3) is 0.500. The van der Waals surface area contributed by atoms with Gasteiger partial charge in [0, 0.05) is 0 Å². The molecule has 1 aliphatic rings. The third-order valence-electron chi connectivity index (χ3n) is 4.26. The molecule has 10 heteroatoms. The number of aliphatic hydroxyl groups excluding tert-OH is 3. The average Bonchev–Trinajstić information content (AvgIpc) is 2.64. The number of esters is 1. The third-order valence-corrected chi connectivity index (χ3v) is 4.26. The summed E-state index contributed by atoms with van der Waals surface area (Å²) >= 11 is 0. The smallest absolute Gasteiger partial charge is 0.338 e. The lowest BCUT2D eigenvalue weighted by Gasteiger charge is -2.42. The van der Waals surface area contributed by atoms with Crippen molar-refractivity contribution >= 4 is 5.97 Å². The number of hydrogen-bond acceptors (Lipinski definition) is 10. The molecule has 0 radical (unpaired) electrons. The Morgan fingerprint density at radius 3 is 2.25 bits per heavy atom. The number of carbonyl (C=O) groups excluding carboxylic acids is 1. The van der Waals surface area contributed by atoms with Crippen LogP contribution in [0.25, 0.3) is 0 Å². The van der Waals surface area contributed by atoms with Gasteiger partial charge < -0.3 is 44.8 Å². The van der Waals surface area contributed by atoms with Gasteiger partial charge in [0.25, 0.3) is 0 Å². The second-order valence-electron chi connectivity index (χ2n) is 6.90. The predicted molar refractivity (Wildman–Crippen MR) is 93.8 cm³/mol. The highest BCUT2D eigenvalue weighted by atomic mass is 16.7. The van der Waals surface area contributed by atoms with Gasteiger partial charge in [-0.2, -0.15) is 0 Å². The molecule has 0 aliphatic carbocycles. The molecule has 2 rings (SSSR count). The topological polar surface area (TPSA) is 166 Å². The molecule has 0 spiro atoms. The summed E-state index contributed by atoms with van der Waals surface area (Å²) in [5, 5.41) is 58.3. The van der Waals surface area contributed by atoms with E-state index in [2.05, 4.69) is 6.58 Å². The Hall–Kier alpha value is -2.37. The molecular weight excluding hydrogens is 376 g/mol. The summed E-state index contributed by atoms with van der Waals surface area (Å²) in [5.74, 6) is -3.23. The summed E-state index contributed by atoms with van der Waals surface area (Å²) < 4.78 is 15.9. The molecule has 156 valence electrons. The van der Waals surface area contributed by atoms with Crippen LogP contribution in [0.5, 0.6) is 17.2 Å². The van der Waals surface area contributed by atoms with Crippen molar-refractivity contribution in [1.29, 1.82) is 0 Å². The molecule has 1 fully saturated rings. The van der Waals surface area contributed by atoms with Crippen LogP contribution >= 0.6 is 0 Å². The Morgan fingerprint density at radius 1 is 1.14 bits per heavy atom. The number of benzene rings is 1. The van der Waals surface area contributed by atoms with Crippen molar-refractivity contribution < 1.29 is 49.6 Å². The molecule has 5 atom stereocenters. The highest BCUT2D eigenvalue weighted by Gasteiger charge is 2.46. The first-order valence-corrected chi connectivity index (χ1v) is 8.40. The highest BCUT2D eigenvalue weighted by molar-refractivity contribution is 5.91. The monoisotopic (exact) mass is 400 g/mol. The van der Waals surface area contributed by atoms with E-state index >= 15 is 0 Å². The second kappa shape index (κ2) is 8.33. The molecule has 0 saturated carbocycles. The van der Waals surface area contributed by atoms with Gasteiger partial charge in [-0.3, -0.25) is 0 Å². The van der Waals surface area contributed by atoms with Crippen molar-refractivity contribution in [1.82, 2.24) is 0 Å². The van der Waals surface area contributed by atoms with Crippen LogP contribution in [0.2, 0.25) is 0 Å². The van der Waals surface area contributed by atoms with E-state index < -0.39 is 66.1 Å². The van der Waals surface area contributed by atoms with Gasteiger partial charge in [0.2, 0.25) is 0 Å². The molecule has 0 amide bonds. The Kier molecular flexibility index (Phi) is 6.52. The largest absolute Gasteiger partial charge is 0.504 e. The summed E-state index contributed by atoms with van der Waals surface area (Å²) in [7, 11) is 0. The lowest BCUT2D eigenvalue weighted by Crippen LogP contribution is -2.60. The minimum Gasteiger partial charge on any atom is -0.504 e. The van der Waals surface area contributed by atoms with E-state index in [1.807, 2.05) is 0 Å². The van der Waals surface area contributed by atoms with Crippen LogP contribution < -0.4 is 0 Å². The van der Waals surface area contributed by atoms with Gasteiger partial charge >= 0.3 is 5.97 Å². The zero-order chi connectivity index (χ0) is 21.2. The number of ether oxygens (including phenoxy) is 3. The molecule has 28 heavy (non-hydrogen) atoms. The number of phenolic OH excluding ortho intramolecular Hbond substituents is 3. The SMILES string of the molecule is C=CC(C)(C)OC1OC(COC(=O)c2cc(O)c(O)c(O)c2)C(O)C(O)C1O. The molecule has 1 saturated heterocycles. The minimum absolute atomic E-state index is 0.265. The average molecular weight is 400 g/mol. The summed E-state index contributed by atoms with van der Waals surface area (Å²) in [5.41, 5.74) is -1.17. The normalized spacial score (nSPS) is 28.0. The molecule has 0 bridgehead atoms. The van der Waals surface area contributed by atoms with E-state index in [0.717, 1.165) is 12.1 Å². The van der Waals surface area contributed by atoms with E-state index in [1.165, 1.54) is 6.08 Å². The number of rotatable bonds is 6. The van der Waals surface area contributed by atoms with Crippen molar-refractivity contribution in [3.05, 3.63) is 30.4 Å². The predicted octanol–water partition coefficient (Wildman–Crippen LogP) is -0.251. The van der Waals surface area contributed by atoms with Crippen molar-refractivity contribution in [2.45, 2.75) is 50.2 Å². The summed E-state index contributed by atoms with van der Waals surface area (Å²) in [6.45, 7) is 6.35. The highest BCUT2D eigenvalue weighted by Crippen LogP contribution is 2.35. The zero-order valence-corrected chi connectivity index (χ0v) is 15.3.